The zero-order valence-electron chi connectivity index (χ0n) is 11.6. The number of nitriles is 1. The molecule has 0 aliphatic rings. The minimum Gasteiger partial charge on any atom is -0.244 e. The third-order valence-corrected chi connectivity index (χ3v) is 4.50. The smallest absolute Gasteiger partial charge is 0.243 e. The Hall–Kier alpha value is -2.23. The summed E-state index contributed by atoms with van der Waals surface area (Å²) in [4.78, 5) is 3.66. The molecule has 0 amide bonds. The highest BCUT2D eigenvalue weighted by atomic mass is 32.2. The van der Waals surface area contributed by atoms with E-state index in [4.69, 9.17) is 5.26 Å². The van der Waals surface area contributed by atoms with Gasteiger partial charge >= 0.3 is 0 Å². The molecule has 1 aromatic heterocycles. The fourth-order valence-corrected chi connectivity index (χ4v) is 2.96. The molecule has 0 radical (unpaired) electrons. The van der Waals surface area contributed by atoms with Crippen LogP contribution in [0.15, 0.2) is 47.5 Å². The fraction of sp³-hybridized carbons (Fsp3) is 0.200. The summed E-state index contributed by atoms with van der Waals surface area (Å²) in [5.74, 6) is 0. The first-order valence-corrected chi connectivity index (χ1v) is 7.97. The molecule has 1 N–H and O–H groups in total. The van der Waals surface area contributed by atoms with Crippen molar-refractivity contribution >= 4 is 10.0 Å². The SMILES string of the molecule is CCc1ccc(CNS(=O)(=O)c2cccnc2C#N)cc1. The van der Waals surface area contributed by atoms with Gasteiger partial charge in [0.1, 0.15) is 11.0 Å². The molecule has 6 heteroatoms. The Morgan fingerprint density at radius 3 is 2.48 bits per heavy atom. The number of benzene rings is 1. The summed E-state index contributed by atoms with van der Waals surface area (Å²) in [5.41, 5.74) is 1.95. The molecule has 21 heavy (non-hydrogen) atoms. The molecule has 0 saturated heterocycles. The van der Waals surface area contributed by atoms with Crippen molar-refractivity contribution in [2.75, 3.05) is 0 Å². The van der Waals surface area contributed by atoms with E-state index in [2.05, 4.69) is 16.6 Å². The number of nitrogens with zero attached hydrogens (tertiary/aromatic N) is 2. The largest absolute Gasteiger partial charge is 0.244 e. The van der Waals surface area contributed by atoms with Crippen molar-refractivity contribution in [3.8, 4) is 6.07 Å². The van der Waals surface area contributed by atoms with Gasteiger partial charge in [0, 0.05) is 12.7 Å². The predicted octanol–water partition coefficient (Wildman–Crippen LogP) is 1.99. The molecule has 0 aliphatic heterocycles. The van der Waals surface area contributed by atoms with Crippen LogP contribution in [0.2, 0.25) is 0 Å². The summed E-state index contributed by atoms with van der Waals surface area (Å²) < 4.78 is 26.9. The molecule has 1 aromatic carbocycles. The van der Waals surface area contributed by atoms with E-state index in [1.165, 1.54) is 23.9 Å². The van der Waals surface area contributed by atoms with E-state index < -0.39 is 10.0 Å². The Morgan fingerprint density at radius 1 is 1.19 bits per heavy atom. The molecule has 0 saturated carbocycles. The number of pyridine rings is 1. The van der Waals surface area contributed by atoms with Gasteiger partial charge in [-0.15, -0.1) is 0 Å². The van der Waals surface area contributed by atoms with Crippen molar-refractivity contribution in [3.05, 3.63) is 59.4 Å². The van der Waals surface area contributed by atoms with Gasteiger partial charge in [-0.1, -0.05) is 31.2 Å². The molecule has 0 spiro atoms. The lowest BCUT2D eigenvalue weighted by Crippen LogP contribution is -2.24. The van der Waals surface area contributed by atoms with Gasteiger partial charge < -0.3 is 0 Å². The van der Waals surface area contributed by atoms with E-state index in [1.807, 2.05) is 24.3 Å². The lowest BCUT2D eigenvalue weighted by atomic mass is 10.1. The molecule has 1 heterocycles. The first-order chi connectivity index (χ1) is 10.1. The number of sulfonamides is 1. The molecule has 2 rings (SSSR count). The molecule has 0 unspecified atom stereocenters. The maximum absolute atomic E-state index is 12.2. The van der Waals surface area contributed by atoms with E-state index in [9.17, 15) is 8.42 Å². The minimum absolute atomic E-state index is 0.0994. The Morgan fingerprint density at radius 2 is 1.86 bits per heavy atom. The quantitative estimate of drug-likeness (QED) is 0.915. The van der Waals surface area contributed by atoms with Crippen LogP contribution in [-0.2, 0) is 23.0 Å². The van der Waals surface area contributed by atoms with Crippen LogP contribution >= 0.6 is 0 Å². The van der Waals surface area contributed by atoms with Crippen LogP contribution in [-0.4, -0.2) is 13.4 Å². The van der Waals surface area contributed by atoms with Crippen LogP contribution in [0.25, 0.3) is 0 Å². The zero-order valence-corrected chi connectivity index (χ0v) is 12.4. The topological polar surface area (TPSA) is 82.8 Å². The van der Waals surface area contributed by atoms with Crippen molar-refractivity contribution in [2.24, 2.45) is 0 Å². The number of nitrogens with one attached hydrogen (secondary N) is 1. The Kier molecular flexibility index (Phi) is 4.68. The van der Waals surface area contributed by atoms with E-state index >= 15 is 0 Å². The highest BCUT2D eigenvalue weighted by molar-refractivity contribution is 7.89. The minimum atomic E-state index is -3.75. The molecular weight excluding hydrogens is 286 g/mol. The summed E-state index contributed by atoms with van der Waals surface area (Å²) in [7, 11) is -3.75. The summed E-state index contributed by atoms with van der Waals surface area (Å²) in [6, 6.07) is 12.3. The standard InChI is InChI=1S/C15H15N3O2S/c1-2-12-5-7-13(8-6-12)11-18-21(19,20)15-4-3-9-17-14(15)10-16/h3-9,18H,2,11H2,1H3. The average Bonchev–Trinajstić information content (AvgIpc) is 2.53. The summed E-state index contributed by atoms with van der Waals surface area (Å²) in [6.07, 6.45) is 2.33. The summed E-state index contributed by atoms with van der Waals surface area (Å²) in [5, 5.41) is 8.92. The van der Waals surface area contributed by atoms with Crippen molar-refractivity contribution in [3.63, 3.8) is 0 Å². The van der Waals surface area contributed by atoms with Crippen LogP contribution in [0.3, 0.4) is 0 Å². The molecule has 2 aromatic rings. The van der Waals surface area contributed by atoms with Gasteiger partial charge in [-0.2, -0.15) is 5.26 Å². The van der Waals surface area contributed by atoms with E-state index in [1.54, 1.807) is 6.07 Å². The van der Waals surface area contributed by atoms with Gasteiger partial charge in [-0.05, 0) is 29.7 Å². The number of aromatic nitrogens is 1. The zero-order chi connectivity index (χ0) is 15.3. The van der Waals surface area contributed by atoms with Crippen LogP contribution in [0.4, 0.5) is 0 Å². The average molecular weight is 301 g/mol. The Labute approximate surface area is 124 Å². The predicted molar refractivity (Wildman–Crippen MR) is 78.8 cm³/mol. The molecule has 0 fully saturated rings. The lowest BCUT2D eigenvalue weighted by molar-refractivity contribution is 0.580. The molecule has 108 valence electrons. The van der Waals surface area contributed by atoms with E-state index in [0.717, 1.165) is 12.0 Å². The normalized spacial score (nSPS) is 11.0. The van der Waals surface area contributed by atoms with Gasteiger partial charge in [0.15, 0.2) is 5.69 Å². The number of aryl methyl sites for hydroxylation is 1. The van der Waals surface area contributed by atoms with Gasteiger partial charge in [0.2, 0.25) is 10.0 Å². The van der Waals surface area contributed by atoms with E-state index in [-0.39, 0.29) is 17.1 Å². The fourth-order valence-electron chi connectivity index (χ4n) is 1.84. The van der Waals surface area contributed by atoms with Gasteiger partial charge in [0.05, 0.1) is 0 Å². The second-order valence-electron chi connectivity index (χ2n) is 4.46. The first kappa shape index (κ1) is 15.2. The Bertz CT molecular complexity index is 762. The highest BCUT2D eigenvalue weighted by Gasteiger charge is 2.18. The van der Waals surface area contributed by atoms with E-state index in [0.29, 0.717) is 0 Å². The van der Waals surface area contributed by atoms with Gasteiger partial charge in [-0.3, -0.25) is 0 Å². The molecular formula is C15H15N3O2S. The van der Waals surface area contributed by atoms with Crippen LogP contribution < -0.4 is 4.72 Å². The van der Waals surface area contributed by atoms with Gasteiger partial charge in [0.25, 0.3) is 0 Å². The summed E-state index contributed by atoms with van der Waals surface area (Å²) in [6.45, 7) is 2.23. The van der Waals surface area contributed by atoms with Crippen molar-refractivity contribution in [2.45, 2.75) is 24.8 Å². The third-order valence-electron chi connectivity index (χ3n) is 3.06. The monoisotopic (exact) mass is 301 g/mol. The molecule has 0 atom stereocenters. The van der Waals surface area contributed by atoms with Crippen molar-refractivity contribution < 1.29 is 8.42 Å². The van der Waals surface area contributed by atoms with Crippen LogP contribution in [0.1, 0.15) is 23.7 Å². The first-order valence-electron chi connectivity index (χ1n) is 6.49. The van der Waals surface area contributed by atoms with Crippen molar-refractivity contribution in [1.29, 1.82) is 5.26 Å². The van der Waals surface area contributed by atoms with Crippen LogP contribution in [0.5, 0.6) is 0 Å². The lowest BCUT2D eigenvalue weighted by Gasteiger charge is -2.08. The highest BCUT2D eigenvalue weighted by Crippen LogP contribution is 2.13. The summed E-state index contributed by atoms with van der Waals surface area (Å²) >= 11 is 0. The third kappa shape index (κ3) is 3.66. The number of rotatable bonds is 5. The number of hydrogen-bond acceptors (Lipinski definition) is 4. The maximum Gasteiger partial charge on any atom is 0.243 e. The maximum atomic E-state index is 12.2. The van der Waals surface area contributed by atoms with Gasteiger partial charge in [-0.25, -0.2) is 18.1 Å². The Balaban J connectivity index is 2.16. The second-order valence-corrected chi connectivity index (χ2v) is 6.19. The molecule has 5 nitrogen and oxygen atoms in total. The van der Waals surface area contributed by atoms with Crippen molar-refractivity contribution in [1.82, 2.24) is 9.71 Å². The number of hydrogen-bond donors (Lipinski definition) is 1. The van der Waals surface area contributed by atoms with Crippen LogP contribution in [0, 0.1) is 11.3 Å². The second kappa shape index (κ2) is 6.48. The molecule has 0 bridgehead atoms. The molecule has 0 aliphatic carbocycles.